The van der Waals surface area contributed by atoms with Gasteiger partial charge in [-0.05, 0) is 25.7 Å². The Bertz CT molecular complexity index is 483. The molecule has 2 unspecified atom stereocenters. The maximum atomic E-state index is 11.1. The van der Waals surface area contributed by atoms with E-state index in [0.717, 1.165) is 12.8 Å². The van der Waals surface area contributed by atoms with Crippen molar-refractivity contribution in [1.82, 2.24) is 9.97 Å². The Labute approximate surface area is 122 Å². The lowest BCUT2D eigenvalue weighted by Crippen LogP contribution is -2.15. The van der Waals surface area contributed by atoms with Crippen LogP contribution >= 0.6 is 11.8 Å². The summed E-state index contributed by atoms with van der Waals surface area (Å²) in [6.07, 6.45) is 5.96. The Hall–Kier alpha value is -1.37. The summed E-state index contributed by atoms with van der Waals surface area (Å²) in [4.78, 5) is 19.0. The van der Waals surface area contributed by atoms with Crippen LogP contribution in [0.15, 0.2) is 11.2 Å². The van der Waals surface area contributed by atoms with Gasteiger partial charge in [0, 0.05) is 11.8 Å². The summed E-state index contributed by atoms with van der Waals surface area (Å²) in [6.45, 7) is 4.88. The third-order valence-electron chi connectivity index (χ3n) is 3.43. The molecule has 1 saturated carbocycles. The molecule has 1 aromatic heterocycles. The molecule has 2 atom stereocenters. The van der Waals surface area contributed by atoms with Gasteiger partial charge in [-0.2, -0.15) is 4.98 Å². The number of nitrogens with zero attached hydrogens (tertiary/aromatic N) is 3. The number of hydrogen-bond acceptors (Lipinski definition) is 6. The molecule has 0 bridgehead atoms. The zero-order valence-electron chi connectivity index (χ0n) is 11.8. The fourth-order valence-electron chi connectivity index (χ4n) is 2.46. The molecule has 110 valence electrons. The summed E-state index contributed by atoms with van der Waals surface area (Å²) in [7, 11) is 0. The van der Waals surface area contributed by atoms with Crippen molar-refractivity contribution in [2.75, 3.05) is 11.9 Å². The average molecular weight is 296 g/mol. The number of nitrogens with one attached hydrogen (secondary N) is 1. The first kappa shape index (κ1) is 15.0. The minimum absolute atomic E-state index is 0.00915. The number of thioether (sulfide) groups is 1. The van der Waals surface area contributed by atoms with Crippen LogP contribution in [0.2, 0.25) is 0 Å². The largest absolute Gasteiger partial charge is 0.354 e. The van der Waals surface area contributed by atoms with Crippen molar-refractivity contribution in [3.05, 3.63) is 16.3 Å². The fraction of sp³-hybridized carbons (Fsp3) is 0.692. The summed E-state index contributed by atoms with van der Waals surface area (Å²) in [6, 6.07) is 0. The van der Waals surface area contributed by atoms with Gasteiger partial charge in [-0.15, -0.1) is 0 Å². The predicted octanol–water partition coefficient (Wildman–Crippen LogP) is 3.49. The maximum absolute atomic E-state index is 11.1. The van der Waals surface area contributed by atoms with Crippen molar-refractivity contribution < 1.29 is 4.92 Å². The van der Waals surface area contributed by atoms with Crippen LogP contribution < -0.4 is 5.32 Å². The van der Waals surface area contributed by atoms with E-state index in [-0.39, 0.29) is 5.69 Å². The standard InChI is InChI=1S/C13H20N4O2S/c1-3-14-13-15-8-11(17(18)19)12(16-13)20-10-6-4-5-9(2)7-10/h8-10H,3-7H2,1-2H3,(H,14,15,16). The Morgan fingerprint density at radius 2 is 2.35 bits per heavy atom. The van der Waals surface area contributed by atoms with Crippen molar-refractivity contribution in [1.29, 1.82) is 0 Å². The van der Waals surface area contributed by atoms with E-state index in [4.69, 9.17) is 0 Å². The van der Waals surface area contributed by atoms with E-state index in [1.54, 1.807) is 0 Å². The van der Waals surface area contributed by atoms with Crippen LogP contribution in [-0.4, -0.2) is 26.7 Å². The number of nitro groups is 1. The second-order valence-corrected chi connectivity index (χ2v) is 6.47. The van der Waals surface area contributed by atoms with Crippen molar-refractivity contribution in [3.8, 4) is 0 Å². The Kier molecular flexibility index (Phi) is 5.17. The highest BCUT2D eigenvalue weighted by Crippen LogP contribution is 2.38. The SMILES string of the molecule is CCNc1ncc([N+](=O)[O-])c(SC2CCCC(C)C2)n1. The van der Waals surface area contributed by atoms with Crippen molar-refractivity contribution in [2.24, 2.45) is 5.92 Å². The second-order valence-electron chi connectivity index (χ2n) is 5.18. The van der Waals surface area contributed by atoms with Crippen molar-refractivity contribution >= 4 is 23.4 Å². The molecule has 1 aliphatic rings. The molecule has 0 amide bonds. The number of hydrogen-bond donors (Lipinski definition) is 1. The lowest BCUT2D eigenvalue weighted by atomic mass is 9.91. The van der Waals surface area contributed by atoms with Crippen molar-refractivity contribution in [2.45, 2.75) is 49.8 Å². The van der Waals surface area contributed by atoms with Gasteiger partial charge in [-0.3, -0.25) is 10.1 Å². The molecule has 20 heavy (non-hydrogen) atoms. The zero-order chi connectivity index (χ0) is 14.5. The van der Waals surface area contributed by atoms with E-state index >= 15 is 0 Å². The van der Waals surface area contributed by atoms with E-state index < -0.39 is 4.92 Å². The molecule has 0 saturated heterocycles. The lowest BCUT2D eigenvalue weighted by Gasteiger charge is -2.25. The highest BCUT2D eigenvalue weighted by molar-refractivity contribution is 8.00. The van der Waals surface area contributed by atoms with E-state index in [2.05, 4.69) is 22.2 Å². The van der Waals surface area contributed by atoms with Crippen LogP contribution in [0.4, 0.5) is 11.6 Å². The molecule has 1 fully saturated rings. The van der Waals surface area contributed by atoms with Crippen LogP contribution in [-0.2, 0) is 0 Å². The summed E-state index contributed by atoms with van der Waals surface area (Å²) < 4.78 is 0. The monoisotopic (exact) mass is 296 g/mol. The molecular weight excluding hydrogens is 276 g/mol. The Morgan fingerprint density at radius 1 is 1.55 bits per heavy atom. The van der Waals surface area contributed by atoms with E-state index in [0.29, 0.717) is 28.7 Å². The van der Waals surface area contributed by atoms with Crippen LogP contribution in [0.1, 0.15) is 39.5 Å². The van der Waals surface area contributed by atoms with Gasteiger partial charge < -0.3 is 5.32 Å². The molecule has 1 N–H and O–H groups in total. The first-order valence-corrected chi connectivity index (χ1v) is 7.90. The molecule has 2 rings (SSSR count). The zero-order valence-corrected chi connectivity index (χ0v) is 12.7. The van der Waals surface area contributed by atoms with Gasteiger partial charge >= 0.3 is 5.69 Å². The molecule has 7 heteroatoms. The summed E-state index contributed by atoms with van der Waals surface area (Å²) in [5, 5.41) is 15.0. The minimum Gasteiger partial charge on any atom is -0.354 e. The Balaban J connectivity index is 2.18. The smallest absolute Gasteiger partial charge is 0.319 e. The first-order valence-electron chi connectivity index (χ1n) is 7.02. The second kappa shape index (κ2) is 6.88. The van der Waals surface area contributed by atoms with Gasteiger partial charge in [-0.1, -0.05) is 31.5 Å². The fourth-order valence-corrected chi connectivity index (χ4v) is 3.87. The van der Waals surface area contributed by atoms with E-state index in [9.17, 15) is 10.1 Å². The quantitative estimate of drug-likeness (QED) is 0.509. The van der Waals surface area contributed by atoms with Crippen molar-refractivity contribution in [3.63, 3.8) is 0 Å². The van der Waals surface area contributed by atoms with Gasteiger partial charge in [0.05, 0.1) is 4.92 Å². The normalized spacial score (nSPS) is 22.5. The molecule has 0 aliphatic heterocycles. The summed E-state index contributed by atoms with van der Waals surface area (Å²) >= 11 is 1.53. The molecule has 1 aliphatic carbocycles. The molecule has 0 radical (unpaired) electrons. The molecule has 6 nitrogen and oxygen atoms in total. The third kappa shape index (κ3) is 3.82. The number of anilines is 1. The highest BCUT2D eigenvalue weighted by atomic mass is 32.2. The Morgan fingerprint density at radius 3 is 3.00 bits per heavy atom. The van der Waals surface area contributed by atoms with Crippen LogP contribution in [0.5, 0.6) is 0 Å². The van der Waals surface area contributed by atoms with Crippen LogP contribution in [0, 0.1) is 16.0 Å². The predicted molar refractivity (Wildman–Crippen MR) is 80.1 cm³/mol. The maximum Gasteiger partial charge on any atom is 0.319 e. The van der Waals surface area contributed by atoms with Gasteiger partial charge in [-0.25, -0.2) is 4.98 Å². The summed E-state index contributed by atoms with van der Waals surface area (Å²) in [5.74, 6) is 1.15. The lowest BCUT2D eigenvalue weighted by molar-refractivity contribution is -0.388. The van der Waals surface area contributed by atoms with Gasteiger partial charge in [0.2, 0.25) is 5.95 Å². The highest BCUT2D eigenvalue weighted by Gasteiger charge is 2.25. The summed E-state index contributed by atoms with van der Waals surface area (Å²) in [5.41, 5.74) is 0.00915. The molecule has 1 heterocycles. The average Bonchev–Trinajstić information content (AvgIpc) is 2.39. The number of rotatable bonds is 5. The minimum atomic E-state index is -0.398. The van der Waals surface area contributed by atoms with E-state index in [1.807, 2.05) is 6.92 Å². The molecule has 0 spiro atoms. The topological polar surface area (TPSA) is 81.0 Å². The van der Waals surface area contributed by atoms with Crippen LogP contribution in [0.3, 0.4) is 0 Å². The van der Waals surface area contributed by atoms with E-state index in [1.165, 1.54) is 30.8 Å². The third-order valence-corrected chi connectivity index (χ3v) is 4.72. The van der Waals surface area contributed by atoms with Gasteiger partial charge in [0.25, 0.3) is 0 Å². The molecule has 0 aromatic carbocycles. The number of aromatic nitrogens is 2. The van der Waals surface area contributed by atoms with Crippen LogP contribution in [0.25, 0.3) is 0 Å². The molecular formula is C13H20N4O2S. The van der Waals surface area contributed by atoms with Gasteiger partial charge in [0.1, 0.15) is 6.20 Å². The first-order chi connectivity index (χ1) is 9.60. The molecule has 1 aromatic rings. The van der Waals surface area contributed by atoms with Gasteiger partial charge in [0.15, 0.2) is 5.03 Å².